The van der Waals surface area contributed by atoms with Crippen LogP contribution in [-0.2, 0) is 22.6 Å². The zero-order chi connectivity index (χ0) is 17.4. The molecule has 0 spiro atoms. The van der Waals surface area contributed by atoms with Gasteiger partial charge >= 0.3 is 0 Å². The lowest BCUT2D eigenvalue weighted by Gasteiger charge is -2.24. The molecule has 2 amide bonds. The number of carbonyl (C=O) groups excluding carboxylic acids is 2. The van der Waals surface area contributed by atoms with Crippen LogP contribution >= 0.6 is 22.7 Å². The summed E-state index contributed by atoms with van der Waals surface area (Å²) >= 11 is 2.87. The highest BCUT2D eigenvalue weighted by atomic mass is 32.1. The van der Waals surface area contributed by atoms with E-state index in [0.717, 1.165) is 41.4 Å². The Hall–Kier alpha value is -1.91. The van der Waals surface area contributed by atoms with Crippen molar-refractivity contribution in [2.75, 3.05) is 23.7 Å². The SMILES string of the molecule is Cc1nnc(NC(=O)CN2CCc3nc(NC(=O)C4CC4)sc3C2)s1. The molecule has 0 atom stereocenters. The largest absolute Gasteiger partial charge is 0.302 e. The normalized spacial score (nSPS) is 17.2. The van der Waals surface area contributed by atoms with Gasteiger partial charge in [-0.3, -0.25) is 19.8 Å². The van der Waals surface area contributed by atoms with E-state index in [1.54, 1.807) is 0 Å². The zero-order valence-electron chi connectivity index (χ0n) is 13.7. The summed E-state index contributed by atoms with van der Waals surface area (Å²) in [5, 5.41) is 15.5. The van der Waals surface area contributed by atoms with Crippen molar-refractivity contribution in [3.63, 3.8) is 0 Å². The molecule has 3 heterocycles. The molecule has 10 heteroatoms. The van der Waals surface area contributed by atoms with Gasteiger partial charge in [-0.25, -0.2) is 4.98 Å². The molecule has 4 rings (SSSR count). The van der Waals surface area contributed by atoms with Gasteiger partial charge in [-0.2, -0.15) is 0 Å². The highest BCUT2D eigenvalue weighted by molar-refractivity contribution is 7.16. The maximum absolute atomic E-state index is 12.2. The molecule has 25 heavy (non-hydrogen) atoms. The second kappa shape index (κ2) is 6.77. The number of hydrogen-bond acceptors (Lipinski definition) is 8. The van der Waals surface area contributed by atoms with Crippen molar-refractivity contribution in [2.24, 2.45) is 5.92 Å². The predicted octanol–water partition coefficient (Wildman–Crippen LogP) is 1.65. The number of thiazole rings is 1. The summed E-state index contributed by atoms with van der Waals surface area (Å²) in [6.45, 7) is 3.60. The molecule has 0 bridgehead atoms. The first kappa shape index (κ1) is 16.6. The van der Waals surface area contributed by atoms with Gasteiger partial charge in [-0.1, -0.05) is 11.3 Å². The van der Waals surface area contributed by atoms with E-state index in [0.29, 0.717) is 23.4 Å². The fraction of sp³-hybridized carbons (Fsp3) is 0.533. The van der Waals surface area contributed by atoms with E-state index in [4.69, 9.17) is 0 Å². The van der Waals surface area contributed by atoms with E-state index in [9.17, 15) is 9.59 Å². The molecule has 1 aliphatic carbocycles. The molecule has 2 aliphatic rings. The average Bonchev–Trinajstić information content (AvgIpc) is 3.23. The lowest BCUT2D eigenvalue weighted by Crippen LogP contribution is -2.36. The van der Waals surface area contributed by atoms with E-state index >= 15 is 0 Å². The van der Waals surface area contributed by atoms with Gasteiger partial charge in [0.2, 0.25) is 16.9 Å². The first-order chi connectivity index (χ1) is 12.1. The number of anilines is 2. The fourth-order valence-electron chi connectivity index (χ4n) is 2.70. The zero-order valence-corrected chi connectivity index (χ0v) is 15.4. The minimum absolute atomic E-state index is 0.0784. The third-order valence-corrected chi connectivity index (χ3v) is 5.88. The Morgan fingerprint density at radius 3 is 2.76 bits per heavy atom. The van der Waals surface area contributed by atoms with E-state index in [1.165, 1.54) is 22.7 Å². The Bertz CT molecular complexity index is 813. The van der Waals surface area contributed by atoms with Crippen LogP contribution in [0.4, 0.5) is 10.3 Å². The Balaban J connectivity index is 1.33. The number of rotatable bonds is 5. The van der Waals surface area contributed by atoms with Crippen LogP contribution in [0.3, 0.4) is 0 Å². The summed E-state index contributed by atoms with van der Waals surface area (Å²) in [6, 6.07) is 0. The molecule has 8 nitrogen and oxygen atoms in total. The number of amides is 2. The molecule has 1 fully saturated rings. The Morgan fingerprint density at radius 1 is 1.20 bits per heavy atom. The number of aryl methyl sites for hydroxylation is 1. The predicted molar refractivity (Wildman–Crippen MR) is 95.7 cm³/mol. The quantitative estimate of drug-likeness (QED) is 0.821. The molecule has 0 aromatic carbocycles. The van der Waals surface area contributed by atoms with Crippen molar-refractivity contribution in [3.8, 4) is 0 Å². The maximum atomic E-state index is 12.2. The highest BCUT2D eigenvalue weighted by Gasteiger charge is 2.31. The van der Waals surface area contributed by atoms with Crippen molar-refractivity contribution >= 4 is 44.8 Å². The minimum atomic E-state index is -0.0913. The minimum Gasteiger partial charge on any atom is -0.302 e. The van der Waals surface area contributed by atoms with Crippen LogP contribution in [-0.4, -0.2) is 45.0 Å². The van der Waals surface area contributed by atoms with Crippen molar-refractivity contribution in [1.82, 2.24) is 20.1 Å². The molecular formula is C15H18N6O2S2. The first-order valence-corrected chi connectivity index (χ1v) is 9.82. The number of nitrogens with zero attached hydrogens (tertiary/aromatic N) is 4. The summed E-state index contributed by atoms with van der Waals surface area (Å²) in [5.74, 6) is 0.158. The first-order valence-electron chi connectivity index (χ1n) is 8.18. The van der Waals surface area contributed by atoms with Crippen molar-refractivity contribution in [3.05, 3.63) is 15.6 Å². The molecule has 2 aromatic heterocycles. The topological polar surface area (TPSA) is 100 Å². The lowest BCUT2D eigenvalue weighted by atomic mass is 10.2. The fourth-order valence-corrected chi connectivity index (χ4v) is 4.36. The van der Waals surface area contributed by atoms with Crippen molar-refractivity contribution in [1.29, 1.82) is 0 Å². The van der Waals surface area contributed by atoms with Crippen LogP contribution in [0.25, 0.3) is 0 Å². The Morgan fingerprint density at radius 2 is 2.04 bits per heavy atom. The third-order valence-electron chi connectivity index (χ3n) is 4.13. The second-order valence-electron chi connectivity index (χ2n) is 6.29. The van der Waals surface area contributed by atoms with E-state index < -0.39 is 0 Å². The van der Waals surface area contributed by atoms with Gasteiger partial charge in [0.05, 0.1) is 12.2 Å². The van der Waals surface area contributed by atoms with E-state index in [2.05, 4.69) is 30.7 Å². The average molecular weight is 378 g/mol. The Labute approximate surface area is 152 Å². The van der Waals surface area contributed by atoms with Crippen LogP contribution in [0.5, 0.6) is 0 Å². The summed E-state index contributed by atoms with van der Waals surface area (Å²) in [7, 11) is 0. The smallest absolute Gasteiger partial charge is 0.240 e. The lowest BCUT2D eigenvalue weighted by molar-refractivity contribution is -0.118. The number of fused-ring (bicyclic) bond motifs is 1. The van der Waals surface area contributed by atoms with Crippen LogP contribution in [0, 0.1) is 12.8 Å². The monoisotopic (exact) mass is 378 g/mol. The second-order valence-corrected chi connectivity index (χ2v) is 8.55. The van der Waals surface area contributed by atoms with Crippen LogP contribution in [0.15, 0.2) is 0 Å². The molecule has 1 saturated carbocycles. The van der Waals surface area contributed by atoms with Gasteiger partial charge in [0, 0.05) is 30.3 Å². The van der Waals surface area contributed by atoms with Gasteiger partial charge < -0.3 is 5.32 Å². The van der Waals surface area contributed by atoms with Gasteiger partial charge in [-0.05, 0) is 19.8 Å². The summed E-state index contributed by atoms with van der Waals surface area (Å²) in [6.07, 6.45) is 2.75. The van der Waals surface area contributed by atoms with Gasteiger partial charge in [0.15, 0.2) is 5.13 Å². The third kappa shape index (κ3) is 4.02. The Kier molecular flexibility index (Phi) is 4.48. The molecule has 0 radical (unpaired) electrons. The van der Waals surface area contributed by atoms with E-state index in [-0.39, 0.29) is 17.7 Å². The molecule has 1 aliphatic heterocycles. The summed E-state index contributed by atoms with van der Waals surface area (Å²) in [4.78, 5) is 31.7. The number of hydrogen-bond donors (Lipinski definition) is 2. The molecule has 0 unspecified atom stereocenters. The summed E-state index contributed by atoms with van der Waals surface area (Å²) in [5.41, 5.74) is 1.03. The maximum Gasteiger partial charge on any atom is 0.240 e. The molecule has 0 saturated heterocycles. The standard InChI is InChI=1S/C15H18N6O2S2/c1-8-19-20-15(24-8)17-12(22)7-21-5-4-10-11(6-21)25-14(16-10)18-13(23)9-2-3-9/h9H,2-7H2,1H3,(H,16,18,23)(H,17,20,22). The summed E-state index contributed by atoms with van der Waals surface area (Å²) < 4.78 is 0. The number of carbonyl (C=O) groups is 2. The van der Waals surface area contributed by atoms with Crippen molar-refractivity contribution < 1.29 is 9.59 Å². The molecule has 132 valence electrons. The highest BCUT2D eigenvalue weighted by Crippen LogP contribution is 2.32. The van der Waals surface area contributed by atoms with Crippen molar-refractivity contribution in [2.45, 2.75) is 32.7 Å². The van der Waals surface area contributed by atoms with Gasteiger partial charge in [0.1, 0.15) is 5.01 Å². The van der Waals surface area contributed by atoms with Crippen LogP contribution < -0.4 is 10.6 Å². The molecule has 2 aromatic rings. The van der Waals surface area contributed by atoms with Gasteiger partial charge in [-0.15, -0.1) is 21.5 Å². The molecular weight excluding hydrogens is 360 g/mol. The number of nitrogens with one attached hydrogen (secondary N) is 2. The van der Waals surface area contributed by atoms with Crippen LogP contribution in [0.1, 0.15) is 28.4 Å². The van der Waals surface area contributed by atoms with E-state index in [1.807, 2.05) is 6.92 Å². The number of aromatic nitrogens is 3. The molecule has 2 N–H and O–H groups in total. The van der Waals surface area contributed by atoms with Crippen LogP contribution in [0.2, 0.25) is 0 Å². The van der Waals surface area contributed by atoms with Gasteiger partial charge in [0.25, 0.3) is 0 Å².